The number of nitrogens with zero attached hydrogens (tertiary/aromatic N) is 1. The van der Waals surface area contributed by atoms with Gasteiger partial charge in [0.25, 0.3) is 0 Å². The second-order valence-corrected chi connectivity index (χ2v) is 4.44. The highest BCUT2D eigenvalue weighted by atomic mass is 16.5. The first-order valence-corrected chi connectivity index (χ1v) is 6.40. The van der Waals surface area contributed by atoms with E-state index < -0.39 is 0 Å². The molecule has 1 heterocycles. The number of amides is 1. The number of rotatable bonds is 3. The fourth-order valence-corrected chi connectivity index (χ4v) is 2.36. The van der Waals surface area contributed by atoms with Crippen LogP contribution in [0, 0.1) is 0 Å². The Balaban J connectivity index is 2.15. The predicted molar refractivity (Wildman–Crippen MR) is 70.6 cm³/mol. The molecule has 1 saturated heterocycles. The maximum Gasteiger partial charge on any atom is 0.222 e. The third-order valence-electron chi connectivity index (χ3n) is 3.34. The maximum atomic E-state index is 11.8. The standard InChI is InChI=1S/C14H20N2O2/c1-3-14(17)16-9-8-15-12(10-16)11-6-4-5-7-13(11)18-2/h4-7,12,15H,3,8-10H2,1-2H3. The molecule has 4 heteroatoms. The van der Waals surface area contributed by atoms with Crippen molar-refractivity contribution in [1.82, 2.24) is 10.2 Å². The summed E-state index contributed by atoms with van der Waals surface area (Å²) in [7, 11) is 1.68. The largest absolute Gasteiger partial charge is 0.496 e. The Labute approximate surface area is 108 Å². The molecule has 0 spiro atoms. The lowest BCUT2D eigenvalue weighted by atomic mass is 10.0. The number of benzene rings is 1. The highest BCUT2D eigenvalue weighted by Gasteiger charge is 2.25. The average molecular weight is 248 g/mol. The molecule has 18 heavy (non-hydrogen) atoms. The van der Waals surface area contributed by atoms with Crippen molar-refractivity contribution >= 4 is 5.91 Å². The monoisotopic (exact) mass is 248 g/mol. The summed E-state index contributed by atoms with van der Waals surface area (Å²) in [6.45, 7) is 4.24. The van der Waals surface area contributed by atoms with Crippen LogP contribution in [0.4, 0.5) is 0 Å². The molecule has 1 aliphatic rings. The van der Waals surface area contributed by atoms with Gasteiger partial charge in [-0.3, -0.25) is 4.79 Å². The van der Waals surface area contributed by atoms with Crippen LogP contribution >= 0.6 is 0 Å². The van der Waals surface area contributed by atoms with Crippen molar-refractivity contribution in [3.63, 3.8) is 0 Å². The molecule has 0 radical (unpaired) electrons. The molecule has 1 N–H and O–H groups in total. The summed E-state index contributed by atoms with van der Waals surface area (Å²) >= 11 is 0. The van der Waals surface area contributed by atoms with Gasteiger partial charge < -0.3 is 15.0 Å². The summed E-state index contributed by atoms with van der Waals surface area (Å²) in [5.74, 6) is 1.09. The molecule has 1 amide bonds. The van der Waals surface area contributed by atoms with Crippen LogP contribution in [0.2, 0.25) is 0 Å². The molecular formula is C14H20N2O2. The molecular weight excluding hydrogens is 228 g/mol. The number of piperazine rings is 1. The van der Waals surface area contributed by atoms with Crippen molar-refractivity contribution in [3.8, 4) is 5.75 Å². The Morgan fingerprint density at radius 3 is 3.00 bits per heavy atom. The summed E-state index contributed by atoms with van der Waals surface area (Å²) < 4.78 is 5.38. The summed E-state index contributed by atoms with van der Waals surface area (Å²) in [5, 5.41) is 3.45. The molecule has 0 bridgehead atoms. The zero-order valence-corrected chi connectivity index (χ0v) is 11.0. The summed E-state index contributed by atoms with van der Waals surface area (Å²) in [6, 6.07) is 8.12. The van der Waals surface area contributed by atoms with E-state index in [0.717, 1.165) is 24.4 Å². The number of methoxy groups -OCH3 is 1. The normalized spacial score (nSPS) is 19.7. The number of ether oxygens (including phenoxy) is 1. The van der Waals surface area contributed by atoms with Gasteiger partial charge in [-0.1, -0.05) is 25.1 Å². The maximum absolute atomic E-state index is 11.8. The molecule has 1 fully saturated rings. The molecule has 4 nitrogen and oxygen atoms in total. The fraction of sp³-hybridized carbons (Fsp3) is 0.500. The van der Waals surface area contributed by atoms with E-state index in [4.69, 9.17) is 4.74 Å². The quantitative estimate of drug-likeness (QED) is 0.883. The second kappa shape index (κ2) is 5.87. The lowest BCUT2D eigenvalue weighted by molar-refractivity contribution is -0.132. The number of nitrogens with one attached hydrogen (secondary N) is 1. The number of carbonyl (C=O) groups is 1. The highest BCUT2D eigenvalue weighted by molar-refractivity contribution is 5.76. The Kier molecular flexibility index (Phi) is 4.20. The van der Waals surface area contributed by atoms with Gasteiger partial charge in [0.2, 0.25) is 5.91 Å². The lowest BCUT2D eigenvalue weighted by Crippen LogP contribution is -2.48. The van der Waals surface area contributed by atoms with Gasteiger partial charge in [-0.15, -0.1) is 0 Å². The molecule has 0 aliphatic carbocycles. The molecule has 1 aliphatic heterocycles. The van der Waals surface area contributed by atoms with Crippen molar-refractivity contribution in [3.05, 3.63) is 29.8 Å². The van der Waals surface area contributed by atoms with Gasteiger partial charge in [0, 0.05) is 31.6 Å². The topological polar surface area (TPSA) is 41.6 Å². The number of hydrogen-bond acceptors (Lipinski definition) is 3. The van der Waals surface area contributed by atoms with E-state index in [-0.39, 0.29) is 11.9 Å². The predicted octanol–water partition coefficient (Wildman–Crippen LogP) is 1.58. The lowest BCUT2D eigenvalue weighted by Gasteiger charge is -2.34. The van der Waals surface area contributed by atoms with Gasteiger partial charge in [-0.2, -0.15) is 0 Å². The first-order valence-electron chi connectivity index (χ1n) is 6.40. The Bertz CT molecular complexity index is 420. The van der Waals surface area contributed by atoms with Crippen LogP contribution in [0.1, 0.15) is 24.9 Å². The molecule has 2 rings (SSSR count). The number of hydrogen-bond donors (Lipinski definition) is 1. The van der Waals surface area contributed by atoms with Crippen LogP contribution in [0.25, 0.3) is 0 Å². The molecule has 0 saturated carbocycles. The Hall–Kier alpha value is -1.55. The van der Waals surface area contributed by atoms with Crippen LogP contribution in [0.3, 0.4) is 0 Å². The second-order valence-electron chi connectivity index (χ2n) is 4.44. The van der Waals surface area contributed by atoms with Gasteiger partial charge in [-0.05, 0) is 6.07 Å². The average Bonchev–Trinajstić information content (AvgIpc) is 2.46. The van der Waals surface area contributed by atoms with Crippen LogP contribution < -0.4 is 10.1 Å². The van der Waals surface area contributed by atoms with Crippen LogP contribution in [-0.2, 0) is 4.79 Å². The number of carbonyl (C=O) groups excluding carboxylic acids is 1. The van der Waals surface area contributed by atoms with Crippen molar-refractivity contribution in [2.45, 2.75) is 19.4 Å². The molecule has 1 atom stereocenters. The zero-order chi connectivity index (χ0) is 13.0. The van der Waals surface area contributed by atoms with Crippen molar-refractivity contribution < 1.29 is 9.53 Å². The highest BCUT2D eigenvalue weighted by Crippen LogP contribution is 2.26. The third-order valence-corrected chi connectivity index (χ3v) is 3.34. The van der Waals surface area contributed by atoms with Crippen LogP contribution in [0.15, 0.2) is 24.3 Å². The van der Waals surface area contributed by atoms with E-state index in [1.807, 2.05) is 30.0 Å². The van der Waals surface area contributed by atoms with E-state index >= 15 is 0 Å². The van der Waals surface area contributed by atoms with Crippen molar-refractivity contribution in [2.24, 2.45) is 0 Å². The van der Waals surface area contributed by atoms with Gasteiger partial charge in [0.15, 0.2) is 0 Å². The van der Waals surface area contributed by atoms with Gasteiger partial charge in [0.05, 0.1) is 13.2 Å². The van der Waals surface area contributed by atoms with Gasteiger partial charge in [0.1, 0.15) is 5.75 Å². The molecule has 1 aromatic rings. The van der Waals surface area contributed by atoms with E-state index in [2.05, 4.69) is 11.4 Å². The van der Waals surface area contributed by atoms with Crippen molar-refractivity contribution in [2.75, 3.05) is 26.7 Å². The number of para-hydroxylation sites is 1. The smallest absolute Gasteiger partial charge is 0.222 e. The zero-order valence-electron chi connectivity index (χ0n) is 11.0. The first kappa shape index (κ1) is 12.9. The summed E-state index contributed by atoms with van der Waals surface area (Å²) in [5.41, 5.74) is 1.12. The van der Waals surface area contributed by atoms with E-state index in [0.29, 0.717) is 13.0 Å². The van der Waals surface area contributed by atoms with Crippen LogP contribution in [-0.4, -0.2) is 37.6 Å². The Morgan fingerprint density at radius 1 is 1.50 bits per heavy atom. The SMILES string of the molecule is CCC(=O)N1CCNC(c2ccccc2OC)C1. The molecule has 98 valence electrons. The van der Waals surface area contributed by atoms with Crippen LogP contribution in [0.5, 0.6) is 5.75 Å². The molecule has 1 unspecified atom stereocenters. The van der Waals surface area contributed by atoms with E-state index in [9.17, 15) is 4.79 Å². The van der Waals surface area contributed by atoms with Gasteiger partial charge in [-0.25, -0.2) is 0 Å². The molecule has 0 aromatic heterocycles. The van der Waals surface area contributed by atoms with Crippen molar-refractivity contribution in [1.29, 1.82) is 0 Å². The van der Waals surface area contributed by atoms with E-state index in [1.165, 1.54) is 0 Å². The van der Waals surface area contributed by atoms with Gasteiger partial charge >= 0.3 is 0 Å². The summed E-state index contributed by atoms with van der Waals surface area (Å²) in [6.07, 6.45) is 0.568. The first-order chi connectivity index (χ1) is 8.76. The molecule has 1 aromatic carbocycles. The summed E-state index contributed by atoms with van der Waals surface area (Å²) in [4.78, 5) is 13.7. The third kappa shape index (κ3) is 2.64. The minimum absolute atomic E-state index is 0.158. The fourth-order valence-electron chi connectivity index (χ4n) is 2.36. The van der Waals surface area contributed by atoms with E-state index in [1.54, 1.807) is 7.11 Å². The Morgan fingerprint density at radius 2 is 2.28 bits per heavy atom. The minimum Gasteiger partial charge on any atom is -0.496 e. The minimum atomic E-state index is 0.158.